The first-order chi connectivity index (χ1) is 11.6. The first-order valence-corrected chi connectivity index (χ1v) is 8.01. The van der Waals surface area contributed by atoms with Crippen LogP contribution in [0.2, 0.25) is 0 Å². The second-order valence-electron chi connectivity index (χ2n) is 6.17. The molecule has 122 valence electrons. The Kier molecular flexibility index (Phi) is 3.52. The average molecular weight is 324 g/mol. The third kappa shape index (κ3) is 2.54. The van der Waals surface area contributed by atoms with Gasteiger partial charge < -0.3 is 5.32 Å². The molecule has 0 aromatic carbocycles. The molecule has 1 amide bonds. The zero-order valence-corrected chi connectivity index (χ0v) is 13.3. The number of carbonyl (C=O) groups is 1. The Bertz CT molecular complexity index is 948. The van der Waals surface area contributed by atoms with Crippen LogP contribution in [0.5, 0.6) is 0 Å². The van der Waals surface area contributed by atoms with E-state index < -0.39 is 11.9 Å². The minimum Gasteiger partial charge on any atom is -0.346 e. The number of aryl methyl sites for hydroxylation is 3. The van der Waals surface area contributed by atoms with E-state index in [1.807, 2.05) is 6.92 Å². The molecule has 1 aliphatic carbocycles. The summed E-state index contributed by atoms with van der Waals surface area (Å²) in [5, 5.41) is 2.73. The summed E-state index contributed by atoms with van der Waals surface area (Å²) in [7, 11) is 0. The normalized spacial score (nSPS) is 13.2. The molecule has 4 rings (SSSR count). The Morgan fingerprint density at radius 1 is 1.38 bits per heavy atom. The molecular weight excluding hydrogens is 307 g/mol. The number of rotatable bonds is 3. The number of hydrogen-bond donors (Lipinski definition) is 1. The third-order valence-corrected chi connectivity index (χ3v) is 4.37. The lowest BCUT2D eigenvalue weighted by molar-refractivity contribution is 0.0942. The van der Waals surface area contributed by atoms with Crippen LogP contribution in [0.3, 0.4) is 0 Å². The maximum Gasteiger partial charge on any atom is 0.274 e. The number of hydrogen-bond acceptors (Lipinski definition) is 3. The lowest BCUT2D eigenvalue weighted by atomic mass is 10.1. The van der Waals surface area contributed by atoms with Crippen molar-refractivity contribution in [3.8, 4) is 0 Å². The summed E-state index contributed by atoms with van der Waals surface area (Å²) in [6.07, 6.45) is 6.53. The minimum atomic E-state index is -0.644. The fourth-order valence-corrected chi connectivity index (χ4v) is 3.10. The number of carbonyl (C=O) groups excluding carboxylic acids is 1. The molecule has 1 aliphatic rings. The summed E-state index contributed by atoms with van der Waals surface area (Å²) < 4.78 is 15.6. The van der Waals surface area contributed by atoms with E-state index >= 15 is 0 Å². The molecule has 0 aliphatic heterocycles. The van der Waals surface area contributed by atoms with Crippen molar-refractivity contribution in [3.63, 3.8) is 0 Å². The molecule has 3 heterocycles. The Morgan fingerprint density at radius 2 is 2.25 bits per heavy atom. The van der Waals surface area contributed by atoms with Crippen LogP contribution in [0, 0.1) is 12.9 Å². The van der Waals surface area contributed by atoms with Gasteiger partial charge in [-0.2, -0.15) is 4.39 Å². The summed E-state index contributed by atoms with van der Waals surface area (Å²) >= 11 is 0. The zero-order chi connectivity index (χ0) is 16.7. The van der Waals surface area contributed by atoms with E-state index in [0.717, 1.165) is 36.1 Å². The Hall–Kier alpha value is -2.76. The Morgan fingerprint density at radius 3 is 3.12 bits per heavy atom. The quantitative estimate of drug-likeness (QED) is 0.805. The number of halogens is 1. The van der Waals surface area contributed by atoms with Gasteiger partial charge in [0.15, 0.2) is 5.69 Å². The second kappa shape index (κ2) is 5.70. The van der Waals surface area contributed by atoms with E-state index in [-0.39, 0.29) is 5.69 Å². The molecule has 0 bridgehead atoms. The van der Waals surface area contributed by atoms with Gasteiger partial charge in [-0.3, -0.25) is 14.2 Å². The number of aromatic nitrogens is 3. The third-order valence-electron chi connectivity index (χ3n) is 4.37. The number of pyridine rings is 2. The van der Waals surface area contributed by atoms with Gasteiger partial charge in [-0.05, 0) is 55.0 Å². The van der Waals surface area contributed by atoms with E-state index in [1.165, 1.54) is 9.96 Å². The summed E-state index contributed by atoms with van der Waals surface area (Å²) in [4.78, 5) is 20.8. The molecule has 3 aromatic rings. The first kappa shape index (κ1) is 14.8. The highest BCUT2D eigenvalue weighted by Crippen LogP contribution is 2.20. The van der Waals surface area contributed by atoms with Gasteiger partial charge in [-0.15, -0.1) is 0 Å². The molecule has 24 heavy (non-hydrogen) atoms. The number of nitrogens with zero attached hydrogens (tertiary/aromatic N) is 3. The lowest BCUT2D eigenvalue weighted by Gasteiger charge is -2.05. The van der Waals surface area contributed by atoms with Gasteiger partial charge in [-0.1, -0.05) is 6.07 Å². The van der Waals surface area contributed by atoms with Crippen molar-refractivity contribution in [1.82, 2.24) is 19.7 Å². The van der Waals surface area contributed by atoms with Crippen LogP contribution >= 0.6 is 0 Å². The molecule has 6 heteroatoms. The van der Waals surface area contributed by atoms with Crippen molar-refractivity contribution >= 4 is 11.6 Å². The fourth-order valence-electron chi connectivity index (χ4n) is 3.10. The van der Waals surface area contributed by atoms with Crippen molar-refractivity contribution in [2.24, 2.45) is 0 Å². The minimum absolute atomic E-state index is 0.185. The van der Waals surface area contributed by atoms with Crippen LogP contribution in [-0.4, -0.2) is 20.3 Å². The lowest BCUT2D eigenvalue weighted by Crippen LogP contribution is -2.24. The second-order valence-corrected chi connectivity index (χ2v) is 6.17. The molecule has 0 saturated carbocycles. The van der Waals surface area contributed by atoms with Crippen LogP contribution in [0.1, 0.15) is 39.3 Å². The van der Waals surface area contributed by atoms with Gasteiger partial charge in [0.05, 0.1) is 0 Å². The predicted octanol–water partition coefficient (Wildman–Crippen LogP) is 2.60. The SMILES string of the molecule is Cc1ccn2c(F)c(C(=O)NCc3cnc4c(c3)CCC4)nc2c1. The molecule has 0 radical (unpaired) electrons. The molecule has 0 atom stereocenters. The molecule has 0 unspecified atom stereocenters. The highest BCUT2D eigenvalue weighted by Gasteiger charge is 2.19. The number of imidazole rings is 1. The number of fused-ring (bicyclic) bond motifs is 2. The standard InChI is InChI=1S/C18H17FN4O/c1-11-5-6-23-15(7-11)22-16(17(23)19)18(24)21-10-12-8-13-3-2-4-14(13)20-9-12/h5-9H,2-4,10H2,1H3,(H,21,24). The van der Waals surface area contributed by atoms with Crippen molar-refractivity contribution in [1.29, 1.82) is 0 Å². The summed E-state index contributed by atoms with van der Waals surface area (Å²) in [5.41, 5.74) is 4.52. The zero-order valence-electron chi connectivity index (χ0n) is 13.3. The average Bonchev–Trinajstić information content (AvgIpc) is 3.16. The summed E-state index contributed by atoms with van der Waals surface area (Å²) in [6, 6.07) is 5.58. The smallest absolute Gasteiger partial charge is 0.274 e. The monoisotopic (exact) mass is 324 g/mol. The molecule has 0 fully saturated rings. The van der Waals surface area contributed by atoms with Gasteiger partial charge in [0.2, 0.25) is 5.95 Å². The van der Waals surface area contributed by atoms with Crippen LogP contribution in [0.25, 0.3) is 5.65 Å². The van der Waals surface area contributed by atoms with E-state index in [0.29, 0.717) is 12.2 Å². The predicted molar refractivity (Wildman–Crippen MR) is 87.3 cm³/mol. The van der Waals surface area contributed by atoms with E-state index in [2.05, 4.69) is 21.4 Å². The highest BCUT2D eigenvalue weighted by molar-refractivity contribution is 5.93. The van der Waals surface area contributed by atoms with Crippen molar-refractivity contribution in [3.05, 3.63) is 64.6 Å². The fraction of sp³-hybridized carbons (Fsp3) is 0.278. The van der Waals surface area contributed by atoms with Gasteiger partial charge in [0, 0.05) is 24.6 Å². The largest absolute Gasteiger partial charge is 0.346 e. The van der Waals surface area contributed by atoms with E-state index in [9.17, 15) is 9.18 Å². The summed E-state index contributed by atoms with van der Waals surface area (Å²) in [5.74, 6) is -1.16. The molecule has 0 saturated heterocycles. The Labute approximate surface area is 138 Å². The Balaban J connectivity index is 1.53. The van der Waals surface area contributed by atoms with Crippen LogP contribution < -0.4 is 5.32 Å². The maximum absolute atomic E-state index is 14.3. The number of amides is 1. The van der Waals surface area contributed by atoms with Gasteiger partial charge in [0.25, 0.3) is 5.91 Å². The molecule has 1 N–H and O–H groups in total. The van der Waals surface area contributed by atoms with E-state index in [1.54, 1.807) is 24.5 Å². The topological polar surface area (TPSA) is 59.3 Å². The van der Waals surface area contributed by atoms with Gasteiger partial charge in [-0.25, -0.2) is 4.98 Å². The van der Waals surface area contributed by atoms with Gasteiger partial charge >= 0.3 is 0 Å². The van der Waals surface area contributed by atoms with E-state index in [4.69, 9.17) is 0 Å². The van der Waals surface area contributed by atoms with Crippen molar-refractivity contribution in [2.75, 3.05) is 0 Å². The van der Waals surface area contributed by atoms with Crippen LogP contribution in [0.15, 0.2) is 30.6 Å². The molecule has 3 aromatic heterocycles. The van der Waals surface area contributed by atoms with Crippen molar-refractivity contribution < 1.29 is 9.18 Å². The van der Waals surface area contributed by atoms with Crippen LogP contribution in [-0.2, 0) is 19.4 Å². The summed E-state index contributed by atoms with van der Waals surface area (Å²) in [6.45, 7) is 2.21. The molecule has 5 nitrogen and oxygen atoms in total. The maximum atomic E-state index is 14.3. The molecule has 0 spiro atoms. The van der Waals surface area contributed by atoms with Crippen LogP contribution in [0.4, 0.5) is 4.39 Å². The number of nitrogens with one attached hydrogen (secondary N) is 1. The highest BCUT2D eigenvalue weighted by atomic mass is 19.1. The van der Waals surface area contributed by atoms with Gasteiger partial charge in [0.1, 0.15) is 5.65 Å². The molecular formula is C18H17FN4O. The first-order valence-electron chi connectivity index (χ1n) is 8.01. The van der Waals surface area contributed by atoms with Crippen molar-refractivity contribution in [2.45, 2.75) is 32.7 Å².